The number of ether oxygens (including phenoxy) is 1. The van der Waals surface area contributed by atoms with Crippen LogP contribution in [0, 0.1) is 6.92 Å². The molecule has 0 unspecified atom stereocenters. The maximum Gasteiger partial charge on any atom is 0.185 e. The lowest BCUT2D eigenvalue weighted by Gasteiger charge is -2.10. The summed E-state index contributed by atoms with van der Waals surface area (Å²) in [5, 5.41) is 5.14. The molecule has 0 fully saturated rings. The van der Waals surface area contributed by atoms with Gasteiger partial charge in [-0.05, 0) is 50.6 Å². The van der Waals surface area contributed by atoms with E-state index in [9.17, 15) is 4.79 Å². The Labute approximate surface area is 166 Å². The van der Waals surface area contributed by atoms with Gasteiger partial charge in [0, 0.05) is 34.1 Å². The summed E-state index contributed by atoms with van der Waals surface area (Å²) in [5.41, 5.74) is 5.41. The minimum Gasteiger partial charge on any atom is -0.497 e. The Bertz CT molecular complexity index is 1440. The third-order valence-electron chi connectivity index (χ3n) is 5.46. The molecule has 0 aliphatic carbocycles. The van der Waals surface area contributed by atoms with Crippen LogP contribution in [0.1, 0.15) is 25.5 Å². The lowest BCUT2D eigenvalue weighted by molar-refractivity contribution is 0.415. The number of aromatic nitrogens is 3. The summed E-state index contributed by atoms with van der Waals surface area (Å²) >= 11 is 0. The van der Waals surface area contributed by atoms with Gasteiger partial charge >= 0.3 is 0 Å². The van der Waals surface area contributed by atoms with Gasteiger partial charge in [-0.25, -0.2) is 4.98 Å². The Morgan fingerprint density at radius 3 is 2.52 bits per heavy atom. The number of furan rings is 1. The van der Waals surface area contributed by atoms with Crippen molar-refractivity contribution in [3.05, 3.63) is 58.4 Å². The zero-order valence-electron chi connectivity index (χ0n) is 16.7. The first-order chi connectivity index (χ1) is 14.0. The maximum absolute atomic E-state index is 12.2. The Balaban J connectivity index is 1.97. The van der Waals surface area contributed by atoms with E-state index in [1.54, 1.807) is 26.2 Å². The zero-order chi connectivity index (χ0) is 20.3. The lowest BCUT2D eigenvalue weighted by atomic mass is 10.0. The highest BCUT2D eigenvalue weighted by atomic mass is 16.5. The lowest BCUT2D eigenvalue weighted by Crippen LogP contribution is -2.03. The van der Waals surface area contributed by atoms with Crippen molar-refractivity contribution in [2.24, 2.45) is 0 Å². The summed E-state index contributed by atoms with van der Waals surface area (Å²) in [7, 11) is 1.65. The van der Waals surface area contributed by atoms with Gasteiger partial charge in [0.2, 0.25) is 0 Å². The van der Waals surface area contributed by atoms with E-state index in [0.29, 0.717) is 16.7 Å². The number of pyridine rings is 1. The number of nitrogens with one attached hydrogen (secondary N) is 1. The molecule has 0 bridgehead atoms. The highest BCUT2D eigenvalue weighted by Crippen LogP contribution is 2.40. The molecule has 0 saturated carbocycles. The quantitative estimate of drug-likeness (QED) is 0.462. The molecule has 0 spiro atoms. The van der Waals surface area contributed by atoms with Crippen molar-refractivity contribution in [3.63, 3.8) is 0 Å². The van der Waals surface area contributed by atoms with Crippen LogP contribution >= 0.6 is 0 Å². The first-order valence-electron chi connectivity index (χ1n) is 9.59. The predicted molar refractivity (Wildman–Crippen MR) is 115 cm³/mol. The van der Waals surface area contributed by atoms with E-state index in [1.807, 2.05) is 35.1 Å². The van der Waals surface area contributed by atoms with Gasteiger partial charge in [-0.2, -0.15) is 0 Å². The third kappa shape index (κ3) is 2.49. The number of hydrogen-bond acceptors (Lipinski definition) is 4. The molecular formula is C23H21N3O3. The summed E-state index contributed by atoms with van der Waals surface area (Å²) < 4.78 is 13.6. The second-order valence-electron chi connectivity index (χ2n) is 7.53. The van der Waals surface area contributed by atoms with Crippen molar-refractivity contribution in [1.29, 1.82) is 0 Å². The van der Waals surface area contributed by atoms with Crippen LogP contribution in [0.5, 0.6) is 5.75 Å². The molecule has 0 aliphatic rings. The Kier molecular flexibility index (Phi) is 3.77. The molecule has 146 valence electrons. The summed E-state index contributed by atoms with van der Waals surface area (Å²) in [4.78, 5) is 17.1. The molecule has 0 radical (unpaired) electrons. The second kappa shape index (κ2) is 6.24. The molecule has 2 aromatic carbocycles. The fourth-order valence-corrected chi connectivity index (χ4v) is 3.90. The molecule has 1 N–H and O–H groups in total. The van der Waals surface area contributed by atoms with E-state index in [2.05, 4.69) is 18.9 Å². The van der Waals surface area contributed by atoms with E-state index in [4.69, 9.17) is 14.1 Å². The number of rotatable bonds is 3. The Hall–Kier alpha value is -3.54. The number of aromatic amines is 1. The smallest absolute Gasteiger partial charge is 0.185 e. The van der Waals surface area contributed by atoms with Crippen LogP contribution in [0.2, 0.25) is 0 Å². The van der Waals surface area contributed by atoms with Gasteiger partial charge in [-0.1, -0.05) is 12.1 Å². The molecule has 5 aromatic rings. The van der Waals surface area contributed by atoms with Gasteiger partial charge in [0.15, 0.2) is 16.7 Å². The fourth-order valence-electron chi connectivity index (χ4n) is 3.90. The molecule has 6 nitrogen and oxygen atoms in total. The summed E-state index contributed by atoms with van der Waals surface area (Å²) in [6.07, 6.45) is 1.96. The maximum atomic E-state index is 12.2. The van der Waals surface area contributed by atoms with Crippen LogP contribution in [0.3, 0.4) is 0 Å². The van der Waals surface area contributed by atoms with Crippen LogP contribution in [0.15, 0.2) is 51.8 Å². The number of benzene rings is 2. The summed E-state index contributed by atoms with van der Waals surface area (Å²) in [5.74, 6) is 0.790. The summed E-state index contributed by atoms with van der Waals surface area (Å²) in [6, 6.07) is 11.5. The average Bonchev–Trinajstić information content (AvgIpc) is 3.31. The van der Waals surface area contributed by atoms with Crippen molar-refractivity contribution >= 4 is 33.1 Å². The standard InChI is InChI=1S/C23H21N3O3/c1-12(2)26-23-17(11-24-26)19(14-5-7-15(28-4)8-6-14)22-20(25-23)16-9-10-18(27)13(3)21(16)29-22/h5-12,24H,1-4H3. The second-order valence-corrected chi connectivity index (χ2v) is 7.53. The van der Waals surface area contributed by atoms with E-state index < -0.39 is 0 Å². The molecule has 5 rings (SSSR count). The number of hydrogen-bond donors (Lipinski definition) is 1. The van der Waals surface area contributed by atoms with E-state index in [1.165, 1.54) is 0 Å². The van der Waals surface area contributed by atoms with Crippen molar-refractivity contribution < 1.29 is 9.15 Å². The molecule has 0 amide bonds. The number of H-pyrrole nitrogens is 1. The van der Waals surface area contributed by atoms with Crippen LogP contribution in [0.4, 0.5) is 0 Å². The molecule has 0 atom stereocenters. The van der Waals surface area contributed by atoms with E-state index >= 15 is 0 Å². The molecule has 0 saturated heterocycles. The van der Waals surface area contributed by atoms with Crippen molar-refractivity contribution in [2.75, 3.05) is 7.11 Å². The van der Waals surface area contributed by atoms with Gasteiger partial charge in [-0.15, -0.1) is 0 Å². The first kappa shape index (κ1) is 17.6. The minimum atomic E-state index is -0.0351. The van der Waals surface area contributed by atoms with Gasteiger partial charge in [0.05, 0.1) is 7.11 Å². The summed E-state index contributed by atoms with van der Waals surface area (Å²) in [6.45, 7) is 6.01. The highest BCUT2D eigenvalue weighted by molar-refractivity contribution is 6.14. The monoisotopic (exact) mass is 387 g/mol. The van der Waals surface area contributed by atoms with Crippen LogP contribution in [0.25, 0.3) is 44.2 Å². The normalized spacial score (nSPS) is 11.9. The largest absolute Gasteiger partial charge is 0.497 e. The van der Waals surface area contributed by atoms with Crippen molar-refractivity contribution in [1.82, 2.24) is 14.8 Å². The average molecular weight is 387 g/mol. The van der Waals surface area contributed by atoms with Gasteiger partial charge in [0.1, 0.15) is 16.8 Å². The molecule has 29 heavy (non-hydrogen) atoms. The molecule has 3 heterocycles. The highest BCUT2D eigenvalue weighted by Gasteiger charge is 2.21. The molecule has 3 aromatic heterocycles. The molecule has 0 aliphatic heterocycles. The minimum absolute atomic E-state index is 0.0351. The van der Waals surface area contributed by atoms with Gasteiger partial charge < -0.3 is 14.3 Å². The SMILES string of the molecule is COc1ccc(-c2c3c[nH]n(C(C)C)c3nc3c2oc2c(C)c(=O)ccc23)cc1. The predicted octanol–water partition coefficient (Wildman–Crippen LogP) is 5.19. The van der Waals surface area contributed by atoms with Gasteiger partial charge in [0.25, 0.3) is 0 Å². The van der Waals surface area contributed by atoms with E-state index in [0.717, 1.165) is 38.8 Å². The first-order valence-corrected chi connectivity index (χ1v) is 9.59. The number of nitrogens with zero attached hydrogens (tertiary/aromatic N) is 2. The van der Waals surface area contributed by atoms with Crippen LogP contribution in [-0.4, -0.2) is 21.9 Å². The molecular weight excluding hydrogens is 366 g/mol. The molecule has 6 heteroatoms. The Morgan fingerprint density at radius 2 is 1.83 bits per heavy atom. The number of fused-ring (bicyclic) bond motifs is 4. The fraction of sp³-hybridized carbons (Fsp3) is 0.217. The number of aryl methyl sites for hydroxylation is 1. The number of methoxy groups -OCH3 is 1. The van der Waals surface area contributed by atoms with Gasteiger partial charge in [-0.3, -0.25) is 9.48 Å². The van der Waals surface area contributed by atoms with E-state index in [-0.39, 0.29) is 11.5 Å². The third-order valence-corrected chi connectivity index (χ3v) is 5.46. The van der Waals surface area contributed by atoms with Crippen LogP contribution in [-0.2, 0) is 0 Å². The zero-order valence-corrected chi connectivity index (χ0v) is 16.7. The topological polar surface area (TPSA) is 73.1 Å². The van der Waals surface area contributed by atoms with Crippen molar-refractivity contribution in [3.8, 4) is 16.9 Å². The van der Waals surface area contributed by atoms with Crippen molar-refractivity contribution in [2.45, 2.75) is 26.8 Å². The Morgan fingerprint density at radius 1 is 1.07 bits per heavy atom. The van der Waals surface area contributed by atoms with Crippen LogP contribution < -0.4 is 10.2 Å².